The van der Waals surface area contributed by atoms with Crippen LogP contribution in [-0.4, -0.2) is 41.2 Å². The lowest BCUT2D eigenvalue weighted by molar-refractivity contribution is -0.0236. The first kappa shape index (κ1) is 15.6. The third-order valence-corrected chi connectivity index (χ3v) is 3.98. The van der Waals surface area contributed by atoms with Crippen LogP contribution in [0.25, 0.3) is 0 Å². The van der Waals surface area contributed by atoms with Gasteiger partial charge in [-0.15, -0.1) is 0 Å². The highest BCUT2D eigenvalue weighted by atomic mass is 16.5. The number of rotatable bonds is 4. The molecule has 23 heavy (non-hydrogen) atoms. The second-order valence-corrected chi connectivity index (χ2v) is 5.58. The van der Waals surface area contributed by atoms with Crippen LogP contribution in [0.1, 0.15) is 29.7 Å². The molecule has 0 bridgehead atoms. The lowest BCUT2D eigenvalue weighted by Crippen LogP contribution is -2.45. The number of ether oxygens (including phenoxy) is 1. The van der Waals surface area contributed by atoms with Crippen molar-refractivity contribution in [1.29, 1.82) is 0 Å². The van der Waals surface area contributed by atoms with E-state index in [4.69, 9.17) is 9.15 Å². The van der Waals surface area contributed by atoms with Crippen molar-refractivity contribution in [2.75, 3.05) is 19.7 Å². The molecule has 1 fully saturated rings. The molecule has 0 unspecified atom stereocenters. The summed E-state index contributed by atoms with van der Waals surface area (Å²) in [5, 5.41) is 0. The minimum absolute atomic E-state index is 0.0880. The molecule has 3 heterocycles. The molecular formula is C17H20N2O4. The van der Waals surface area contributed by atoms with Gasteiger partial charge in [0.05, 0.1) is 19.3 Å². The van der Waals surface area contributed by atoms with E-state index in [1.54, 1.807) is 35.4 Å². The number of pyridine rings is 1. The van der Waals surface area contributed by atoms with Crippen molar-refractivity contribution in [2.45, 2.75) is 26.0 Å². The number of carbonyl (C=O) groups excluding carboxylic acids is 1. The van der Waals surface area contributed by atoms with Gasteiger partial charge in [0.15, 0.2) is 5.76 Å². The Labute approximate surface area is 134 Å². The predicted molar refractivity (Wildman–Crippen MR) is 84.4 cm³/mol. The van der Waals surface area contributed by atoms with E-state index < -0.39 is 0 Å². The molecule has 1 aliphatic heterocycles. The minimum Gasteiger partial charge on any atom is -0.454 e. The summed E-state index contributed by atoms with van der Waals surface area (Å²) in [4.78, 5) is 26.0. The average Bonchev–Trinajstić information content (AvgIpc) is 3.05. The van der Waals surface area contributed by atoms with Gasteiger partial charge in [-0.25, -0.2) is 0 Å². The van der Waals surface area contributed by atoms with E-state index in [1.165, 1.54) is 10.6 Å². The molecule has 0 saturated carbocycles. The maximum Gasteiger partial charge on any atom is 0.289 e. The fourth-order valence-corrected chi connectivity index (χ4v) is 2.64. The van der Waals surface area contributed by atoms with Crippen LogP contribution in [0.15, 0.2) is 45.7 Å². The highest BCUT2D eigenvalue weighted by Crippen LogP contribution is 2.15. The Balaban J connectivity index is 1.70. The van der Waals surface area contributed by atoms with Gasteiger partial charge >= 0.3 is 0 Å². The predicted octanol–water partition coefficient (Wildman–Crippen LogP) is 1.74. The fourth-order valence-electron chi connectivity index (χ4n) is 2.64. The van der Waals surface area contributed by atoms with Gasteiger partial charge in [0.25, 0.3) is 11.5 Å². The topological polar surface area (TPSA) is 64.7 Å². The maximum atomic E-state index is 12.5. The minimum atomic E-state index is -0.126. The van der Waals surface area contributed by atoms with Gasteiger partial charge in [-0.1, -0.05) is 13.0 Å². The van der Waals surface area contributed by atoms with Crippen molar-refractivity contribution in [2.24, 2.45) is 0 Å². The molecule has 1 atom stereocenters. The Bertz CT molecular complexity index is 734. The maximum absolute atomic E-state index is 12.5. The van der Waals surface area contributed by atoms with Crippen molar-refractivity contribution < 1.29 is 13.9 Å². The molecule has 0 spiro atoms. The number of amides is 1. The largest absolute Gasteiger partial charge is 0.454 e. The molecule has 1 aliphatic rings. The number of hydrogen-bond acceptors (Lipinski definition) is 4. The number of aromatic nitrogens is 1. The zero-order valence-corrected chi connectivity index (χ0v) is 13.1. The third kappa shape index (κ3) is 3.53. The smallest absolute Gasteiger partial charge is 0.289 e. The van der Waals surface area contributed by atoms with Crippen molar-refractivity contribution in [3.05, 3.63) is 58.4 Å². The second-order valence-electron chi connectivity index (χ2n) is 5.58. The van der Waals surface area contributed by atoms with Crippen LogP contribution in [0.5, 0.6) is 0 Å². The van der Waals surface area contributed by atoms with Gasteiger partial charge < -0.3 is 18.6 Å². The van der Waals surface area contributed by atoms with E-state index in [0.29, 0.717) is 37.8 Å². The molecule has 122 valence electrons. The normalized spacial score (nSPS) is 18.1. The van der Waals surface area contributed by atoms with Gasteiger partial charge in [0.2, 0.25) is 0 Å². The fraction of sp³-hybridized carbons (Fsp3) is 0.412. The molecule has 2 aromatic rings. The summed E-state index contributed by atoms with van der Waals surface area (Å²) in [5.74, 6) is 0.765. The van der Waals surface area contributed by atoms with Crippen LogP contribution < -0.4 is 5.56 Å². The molecule has 0 N–H and O–H groups in total. The van der Waals surface area contributed by atoms with Crippen LogP contribution in [0, 0.1) is 0 Å². The molecule has 3 rings (SSSR count). The number of nitrogens with zero attached hydrogens (tertiary/aromatic N) is 2. The molecular weight excluding hydrogens is 296 g/mol. The number of furan rings is 1. The summed E-state index contributed by atoms with van der Waals surface area (Å²) in [7, 11) is 0. The molecule has 1 amide bonds. The summed E-state index contributed by atoms with van der Waals surface area (Å²) >= 11 is 0. The van der Waals surface area contributed by atoms with Gasteiger partial charge in [-0.05, 0) is 24.6 Å². The SMILES string of the molecule is CC[C@@H]1CN(C(=O)c2ccc(Cn3ccccc3=O)o2)CCO1. The zero-order chi connectivity index (χ0) is 16.2. The van der Waals surface area contributed by atoms with E-state index >= 15 is 0 Å². The molecule has 0 radical (unpaired) electrons. The summed E-state index contributed by atoms with van der Waals surface area (Å²) in [5.41, 5.74) is -0.101. The van der Waals surface area contributed by atoms with Crippen molar-refractivity contribution >= 4 is 5.91 Å². The first-order valence-electron chi connectivity index (χ1n) is 7.82. The lowest BCUT2D eigenvalue weighted by Gasteiger charge is -2.31. The van der Waals surface area contributed by atoms with Crippen LogP contribution in [-0.2, 0) is 11.3 Å². The monoisotopic (exact) mass is 316 g/mol. The van der Waals surface area contributed by atoms with Gasteiger partial charge in [0, 0.05) is 25.4 Å². The molecule has 6 heteroatoms. The van der Waals surface area contributed by atoms with Gasteiger partial charge in [-0.3, -0.25) is 9.59 Å². The quantitative estimate of drug-likeness (QED) is 0.862. The Morgan fingerprint density at radius 3 is 2.96 bits per heavy atom. The Hall–Kier alpha value is -2.34. The average molecular weight is 316 g/mol. The summed E-state index contributed by atoms with van der Waals surface area (Å²) in [6, 6.07) is 8.38. The van der Waals surface area contributed by atoms with Crippen molar-refractivity contribution in [3.8, 4) is 0 Å². The zero-order valence-electron chi connectivity index (χ0n) is 13.1. The van der Waals surface area contributed by atoms with Gasteiger partial charge in [-0.2, -0.15) is 0 Å². The molecule has 2 aromatic heterocycles. The first-order chi connectivity index (χ1) is 11.2. The Morgan fingerprint density at radius 1 is 1.30 bits per heavy atom. The van der Waals surface area contributed by atoms with Crippen LogP contribution in [0.3, 0.4) is 0 Å². The van der Waals surface area contributed by atoms with E-state index in [-0.39, 0.29) is 17.6 Å². The van der Waals surface area contributed by atoms with Crippen LogP contribution in [0.2, 0.25) is 0 Å². The number of morpholine rings is 1. The Morgan fingerprint density at radius 2 is 2.17 bits per heavy atom. The van der Waals surface area contributed by atoms with Crippen molar-refractivity contribution in [1.82, 2.24) is 9.47 Å². The summed E-state index contributed by atoms with van der Waals surface area (Å²) in [6.07, 6.45) is 2.66. The Kier molecular flexibility index (Phi) is 4.62. The van der Waals surface area contributed by atoms with E-state index in [2.05, 4.69) is 0 Å². The molecule has 0 aromatic carbocycles. The number of hydrogen-bond donors (Lipinski definition) is 0. The number of carbonyl (C=O) groups is 1. The molecule has 6 nitrogen and oxygen atoms in total. The standard InChI is InChI=1S/C17H20N2O4/c1-2-13-11-19(9-10-22-13)17(21)15-7-6-14(23-15)12-18-8-4-3-5-16(18)20/h3-8,13H,2,9-12H2,1H3/t13-/m1/s1. The molecule has 0 aliphatic carbocycles. The lowest BCUT2D eigenvalue weighted by atomic mass is 10.2. The first-order valence-corrected chi connectivity index (χ1v) is 7.82. The summed E-state index contributed by atoms with van der Waals surface area (Å²) in [6.45, 7) is 4.07. The third-order valence-electron chi connectivity index (χ3n) is 3.98. The highest BCUT2D eigenvalue weighted by molar-refractivity contribution is 5.91. The van der Waals surface area contributed by atoms with E-state index in [0.717, 1.165) is 6.42 Å². The highest BCUT2D eigenvalue weighted by Gasteiger charge is 2.25. The van der Waals surface area contributed by atoms with Crippen LogP contribution >= 0.6 is 0 Å². The summed E-state index contributed by atoms with van der Waals surface area (Å²) < 4.78 is 12.7. The van der Waals surface area contributed by atoms with E-state index in [1.807, 2.05) is 6.92 Å². The van der Waals surface area contributed by atoms with Gasteiger partial charge in [0.1, 0.15) is 5.76 Å². The second kappa shape index (κ2) is 6.83. The van der Waals surface area contributed by atoms with Crippen molar-refractivity contribution in [3.63, 3.8) is 0 Å². The van der Waals surface area contributed by atoms with E-state index in [9.17, 15) is 9.59 Å². The van der Waals surface area contributed by atoms with Crippen LogP contribution in [0.4, 0.5) is 0 Å². The molecule has 1 saturated heterocycles.